The highest BCUT2D eigenvalue weighted by atomic mass is 35.5. The van der Waals surface area contributed by atoms with Crippen molar-refractivity contribution in [2.45, 2.75) is 13.2 Å². The van der Waals surface area contributed by atoms with Crippen LogP contribution in [0.15, 0.2) is 78.0 Å². The Morgan fingerprint density at radius 1 is 0.846 bits per heavy atom. The molecule has 0 unspecified atom stereocenters. The van der Waals surface area contributed by atoms with Crippen molar-refractivity contribution in [2.75, 3.05) is 0 Å². The predicted octanol–water partition coefficient (Wildman–Crippen LogP) is 6.12. The first-order chi connectivity index (χ1) is 12.7. The summed E-state index contributed by atoms with van der Waals surface area (Å²) < 4.78 is 5.75. The number of oxime groups is 1. The Morgan fingerprint density at radius 2 is 1.62 bits per heavy atom. The zero-order valence-corrected chi connectivity index (χ0v) is 15.5. The minimum Gasteiger partial charge on any atom is -0.489 e. The molecule has 0 fully saturated rings. The number of benzene rings is 3. The molecule has 0 aliphatic carbocycles. The first kappa shape index (κ1) is 18.3. The second-order valence-corrected chi connectivity index (χ2v) is 6.43. The smallest absolute Gasteiger partial charge is 0.143 e. The largest absolute Gasteiger partial charge is 0.489 e. The van der Waals surface area contributed by atoms with E-state index >= 15 is 0 Å². The number of halogens is 2. The SMILES string of the molecule is Clc1ccc(CO/N=C/c2ccc(OCc3ccccc3)cc2)c(Cl)c1. The van der Waals surface area contributed by atoms with Gasteiger partial charge in [0.2, 0.25) is 0 Å². The molecule has 0 radical (unpaired) electrons. The van der Waals surface area contributed by atoms with Crippen molar-refractivity contribution in [1.29, 1.82) is 0 Å². The van der Waals surface area contributed by atoms with E-state index in [1.807, 2.05) is 60.7 Å². The summed E-state index contributed by atoms with van der Waals surface area (Å²) in [5.74, 6) is 0.805. The van der Waals surface area contributed by atoms with E-state index in [1.165, 1.54) is 0 Å². The van der Waals surface area contributed by atoms with E-state index in [-0.39, 0.29) is 6.61 Å². The normalized spacial score (nSPS) is 10.8. The van der Waals surface area contributed by atoms with Crippen molar-refractivity contribution in [3.63, 3.8) is 0 Å². The number of nitrogens with zero attached hydrogens (tertiary/aromatic N) is 1. The molecule has 3 aromatic rings. The van der Waals surface area contributed by atoms with Crippen LogP contribution in [-0.4, -0.2) is 6.21 Å². The van der Waals surface area contributed by atoms with E-state index < -0.39 is 0 Å². The van der Waals surface area contributed by atoms with Crippen LogP contribution in [-0.2, 0) is 18.1 Å². The van der Waals surface area contributed by atoms with E-state index in [4.69, 9.17) is 32.8 Å². The molecule has 3 nitrogen and oxygen atoms in total. The van der Waals surface area contributed by atoms with Crippen LogP contribution in [0.3, 0.4) is 0 Å². The summed E-state index contributed by atoms with van der Waals surface area (Å²) >= 11 is 11.9. The maximum absolute atomic E-state index is 6.09. The van der Waals surface area contributed by atoms with Gasteiger partial charge in [0.05, 0.1) is 6.21 Å². The molecule has 0 saturated heterocycles. The van der Waals surface area contributed by atoms with E-state index in [9.17, 15) is 0 Å². The minimum atomic E-state index is 0.283. The van der Waals surface area contributed by atoms with Gasteiger partial charge in [0.15, 0.2) is 0 Å². The number of hydrogen-bond acceptors (Lipinski definition) is 3. The van der Waals surface area contributed by atoms with Crippen LogP contribution >= 0.6 is 23.2 Å². The zero-order chi connectivity index (χ0) is 18.2. The average Bonchev–Trinajstić information content (AvgIpc) is 2.67. The van der Waals surface area contributed by atoms with Gasteiger partial charge in [0.25, 0.3) is 0 Å². The second-order valence-electron chi connectivity index (χ2n) is 5.59. The van der Waals surface area contributed by atoms with Crippen LogP contribution in [0.1, 0.15) is 16.7 Å². The third-order valence-electron chi connectivity index (χ3n) is 3.64. The lowest BCUT2D eigenvalue weighted by molar-refractivity contribution is 0.132. The molecule has 0 amide bonds. The van der Waals surface area contributed by atoms with Crippen LogP contribution in [0.2, 0.25) is 10.0 Å². The van der Waals surface area contributed by atoms with Crippen molar-refractivity contribution < 1.29 is 9.57 Å². The molecule has 0 aliphatic heterocycles. The van der Waals surface area contributed by atoms with Gasteiger partial charge in [-0.1, -0.05) is 64.8 Å². The van der Waals surface area contributed by atoms with Crippen molar-refractivity contribution in [2.24, 2.45) is 5.16 Å². The van der Waals surface area contributed by atoms with Gasteiger partial charge in [-0.3, -0.25) is 0 Å². The Morgan fingerprint density at radius 3 is 2.35 bits per heavy atom. The zero-order valence-electron chi connectivity index (χ0n) is 13.9. The minimum absolute atomic E-state index is 0.283. The quantitative estimate of drug-likeness (QED) is 0.362. The highest BCUT2D eigenvalue weighted by Gasteiger charge is 2.01. The van der Waals surface area contributed by atoms with Crippen LogP contribution < -0.4 is 4.74 Å². The van der Waals surface area contributed by atoms with E-state index in [1.54, 1.807) is 18.3 Å². The first-order valence-electron chi connectivity index (χ1n) is 8.07. The summed E-state index contributed by atoms with van der Waals surface area (Å²) in [4.78, 5) is 5.29. The van der Waals surface area contributed by atoms with E-state index in [2.05, 4.69) is 5.16 Å². The highest BCUT2D eigenvalue weighted by Crippen LogP contribution is 2.21. The molecule has 0 aliphatic rings. The molecule has 3 rings (SSSR count). The molecular weight excluding hydrogens is 369 g/mol. The van der Waals surface area contributed by atoms with E-state index in [0.717, 1.165) is 22.4 Å². The third-order valence-corrected chi connectivity index (χ3v) is 4.23. The fourth-order valence-corrected chi connectivity index (χ4v) is 2.70. The van der Waals surface area contributed by atoms with Crippen molar-refractivity contribution in [3.8, 4) is 5.75 Å². The maximum Gasteiger partial charge on any atom is 0.143 e. The Labute approximate surface area is 162 Å². The first-order valence-corrected chi connectivity index (χ1v) is 8.82. The maximum atomic E-state index is 6.09. The average molecular weight is 386 g/mol. The lowest BCUT2D eigenvalue weighted by atomic mass is 10.2. The Balaban J connectivity index is 1.48. The van der Waals surface area contributed by atoms with Gasteiger partial charge in [-0.15, -0.1) is 0 Å². The molecule has 0 spiro atoms. The highest BCUT2D eigenvalue weighted by molar-refractivity contribution is 6.35. The summed E-state index contributed by atoms with van der Waals surface area (Å²) in [7, 11) is 0. The topological polar surface area (TPSA) is 30.8 Å². The van der Waals surface area contributed by atoms with Crippen LogP contribution in [0.5, 0.6) is 5.75 Å². The lowest BCUT2D eigenvalue weighted by Gasteiger charge is -2.06. The molecule has 0 bridgehead atoms. The van der Waals surface area contributed by atoms with Gasteiger partial charge in [0, 0.05) is 15.6 Å². The summed E-state index contributed by atoms with van der Waals surface area (Å²) in [5.41, 5.74) is 2.88. The molecular formula is C21H17Cl2NO2. The van der Waals surface area contributed by atoms with Gasteiger partial charge in [-0.05, 0) is 47.5 Å². The number of rotatable bonds is 7. The summed E-state index contributed by atoms with van der Waals surface area (Å²) in [6.45, 7) is 0.823. The molecule has 0 heterocycles. The van der Waals surface area contributed by atoms with Gasteiger partial charge in [-0.2, -0.15) is 0 Å². The van der Waals surface area contributed by atoms with Crippen LogP contribution in [0.4, 0.5) is 0 Å². The Bertz CT molecular complexity index is 865. The fraction of sp³-hybridized carbons (Fsp3) is 0.0952. The van der Waals surface area contributed by atoms with Crippen LogP contribution in [0, 0.1) is 0 Å². The summed E-state index contributed by atoms with van der Waals surface area (Å²) in [6.07, 6.45) is 1.64. The molecule has 132 valence electrons. The third kappa shape index (κ3) is 5.51. The Hall–Kier alpha value is -2.49. The van der Waals surface area contributed by atoms with Gasteiger partial charge >= 0.3 is 0 Å². The Kier molecular flexibility index (Phi) is 6.53. The molecule has 5 heteroatoms. The standard InChI is InChI=1S/C21H17Cl2NO2/c22-19-9-8-18(21(23)12-19)15-26-24-13-16-6-10-20(11-7-16)25-14-17-4-2-1-3-5-17/h1-13H,14-15H2/b24-13+. The number of hydrogen-bond donors (Lipinski definition) is 0. The molecule has 26 heavy (non-hydrogen) atoms. The fourth-order valence-electron chi connectivity index (χ4n) is 2.23. The van der Waals surface area contributed by atoms with Crippen molar-refractivity contribution in [1.82, 2.24) is 0 Å². The van der Waals surface area contributed by atoms with E-state index in [0.29, 0.717) is 16.7 Å². The number of ether oxygens (including phenoxy) is 1. The van der Waals surface area contributed by atoms with Crippen molar-refractivity contribution >= 4 is 29.4 Å². The monoisotopic (exact) mass is 385 g/mol. The van der Waals surface area contributed by atoms with Gasteiger partial charge < -0.3 is 9.57 Å². The summed E-state index contributed by atoms with van der Waals surface area (Å²) in [5, 5.41) is 5.12. The molecule has 0 aromatic heterocycles. The van der Waals surface area contributed by atoms with Gasteiger partial charge in [-0.25, -0.2) is 0 Å². The molecule has 0 N–H and O–H groups in total. The second kappa shape index (κ2) is 9.27. The molecule has 0 atom stereocenters. The lowest BCUT2D eigenvalue weighted by Crippen LogP contribution is -1.95. The van der Waals surface area contributed by atoms with Gasteiger partial charge in [0.1, 0.15) is 19.0 Å². The van der Waals surface area contributed by atoms with Crippen LogP contribution in [0.25, 0.3) is 0 Å². The summed E-state index contributed by atoms with van der Waals surface area (Å²) in [6, 6.07) is 23.0. The molecule has 3 aromatic carbocycles. The molecule has 0 saturated carbocycles. The van der Waals surface area contributed by atoms with Crippen molar-refractivity contribution in [3.05, 3.63) is 99.5 Å². The predicted molar refractivity (Wildman–Crippen MR) is 106 cm³/mol.